The van der Waals surface area contributed by atoms with Gasteiger partial charge in [0.25, 0.3) is 5.91 Å². The van der Waals surface area contributed by atoms with Crippen LogP contribution in [-0.4, -0.2) is 36.2 Å². The number of hydrogen-bond acceptors (Lipinski definition) is 3. The Morgan fingerprint density at radius 1 is 1.24 bits per heavy atom. The van der Waals surface area contributed by atoms with Crippen LogP contribution in [0.3, 0.4) is 0 Å². The van der Waals surface area contributed by atoms with Crippen molar-refractivity contribution in [3.05, 3.63) is 64.2 Å². The standard InChI is InChI=1S/C20H23ClN2OS/c1-3-25-19-8-5-14(6-9-19)20(24)22-12-18-11-16-10-17(21)7-4-15(16)13-23(18)2/h4-10,18H,3,11-13H2,1-2H3,(H,22,24)/t18-/m1/s1. The van der Waals surface area contributed by atoms with Gasteiger partial charge in [0, 0.05) is 34.6 Å². The van der Waals surface area contributed by atoms with Gasteiger partial charge in [-0.1, -0.05) is 24.6 Å². The number of carbonyl (C=O) groups is 1. The second-order valence-electron chi connectivity index (χ2n) is 6.35. The van der Waals surface area contributed by atoms with E-state index in [1.807, 2.05) is 36.4 Å². The molecule has 3 nitrogen and oxygen atoms in total. The minimum absolute atomic E-state index is 0.0154. The van der Waals surface area contributed by atoms with E-state index in [1.165, 1.54) is 16.0 Å². The van der Waals surface area contributed by atoms with Gasteiger partial charge in [-0.25, -0.2) is 0 Å². The molecule has 1 N–H and O–H groups in total. The number of fused-ring (bicyclic) bond motifs is 1. The fraction of sp³-hybridized carbons (Fsp3) is 0.350. The third-order valence-corrected chi connectivity index (χ3v) is 5.72. The van der Waals surface area contributed by atoms with E-state index in [1.54, 1.807) is 11.8 Å². The molecule has 0 saturated heterocycles. The fourth-order valence-electron chi connectivity index (χ4n) is 3.16. The van der Waals surface area contributed by atoms with Crippen molar-refractivity contribution in [3.63, 3.8) is 0 Å². The first-order chi connectivity index (χ1) is 12.1. The smallest absolute Gasteiger partial charge is 0.251 e. The summed E-state index contributed by atoms with van der Waals surface area (Å²) in [5, 5.41) is 3.85. The summed E-state index contributed by atoms with van der Waals surface area (Å²) in [6.45, 7) is 3.64. The van der Waals surface area contributed by atoms with Crippen LogP contribution in [0.1, 0.15) is 28.4 Å². The number of nitrogens with one attached hydrogen (secondary N) is 1. The Bertz CT molecular complexity index is 748. The zero-order chi connectivity index (χ0) is 17.8. The van der Waals surface area contributed by atoms with E-state index < -0.39 is 0 Å². The predicted octanol–water partition coefficient (Wildman–Crippen LogP) is 4.24. The van der Waals surface area contributed by atoms with Crippen molar-refractivity contribution in [2.24, 2.45) is 0 Å². The number of benzene rings is 2. The molecular formula is C20H23ClN2OS. The Balaban J connectivity index is 1.60. The molecular weight excluding hydrogens is 352 g/mol. The SMILES string of the molecule is CCSc1ccc(C(=O)NC[C@H]2Cc3cc(Cl)ccc3CN2C)cc1. The molecule has 1 aliphatic heterocycles. The highest BCUT2D eigenvalue weighted by atomic mass is 35.5. The molecule has 1 atom stereocenters. The first kappa shape index (κ1) is 18.3. The quantitative estimate of drug-likeness (QED) is 0.794. The lowest BCUT2D eigenvalue weighted by Crippen LogP contribution is -2.45. The lowest BCUT2D eigenvalue weighted by molar-refractivity contribution is 0.0934. The largest absolute Gasteiger partial charge is 0.350 e. The van der Waals surface area contributed by atoms with Gasteiger partial charge >= 0.3 is 0 Å². The highest BCUT2D eigenvalue weighted by Crippen LogP contribution is 2.25. The summed E-state index contributed by atoms with van der Waals surface area (Å²) in [5.74, 6) is 1.02. The van der Waals surface area contributed by atoms with Crippen LogP contribution >= 0.6 is 23.4 Å². The van der Waals surface area contributed by atoms with Crippen LogP contribution in [0.5, 0.6) is 0 Å². The first-order valence-electron chi connectivity index (χ1n) is 8.55. The van der Waals surface area contributed by atoms with E-state index in [0.29, 0.717) is 12.1 Å². The van der Waals surface area contributed by atoms with Crippen molar-refractivity contribution in [1.82, 2.24) is 10.2 Å². The Labute approximate surface area is 158 Å². The summed E-state index contributed by atoms with van der Waals surface area (Å²) in [7, 11) is 2.10. The van der Waals surface area contributed by atoms with Crippen molar-refractivity contribution in [2.75, 3.05) is 19.3 Å². The molecule has 5 heteroatoms. The van der Waals surface area contributed by atoms with Gasteiger partial charge in [0.05, 0.1) is 0 Å². The van der Waals surface area contributed by atoms with Gasteiger partial charge < -0.3 is 5.32 Å². The Hall–Kier alpha value is -1.49. The van der Waals surface area contributed by atoms with E-state index in [-0.39, 0.29) is 11.9 Å². The number of hydrogen-bond donors (Lipinski definition) is 1. The van der Waals surface area contributed by atoms with Crippen molar-refractivity contribution in [3.8, 4) is 0 Å². The van der Waals surface area contributed by atoms with E-state index >= 15 is 0 Å². The van der Waals surface area contributed by atoms with Crippen LogP contribution in [0.15, 0.2) is 47.4 Å². The van der Waals surface area contributed by atoms with Gasteiger partial charge in [-0.2, -0.15) is 0 Å². The second kappa shape index (κ2) is 8.26. The molecule has 0 unspecified atom stereocenters. The molecule has 0 radical (unpaired) electrons. The molecule has 0 spiro atoms. The molecule has 2 aromatic rings. The molecule has 3 rings (SSSR count). The molecule has 2 aromatic carbocycles. The number of likely N-dealkylation sites (N-methyl/N-ethyl adjacent to an activating group) is 1. The monoisotopic (exact) mass is 374 g/mol. The number of thioether (sulfide) groups is 1. The van der Waals surface area contributed by atoms with E-state index in [4.69, 9.17) is 11.6 Å². The van der Waals surface area contributed by atoms with Gasteiger partial charge in [-0.05, 0) is 66.7 Å². The molecule has 0 aliphatic carbocycles. The summed E-state index contributed by atoms with van der Waals surface area (Å²) in [4.78, 5) is 15.9. The van der Waals surface area contributed by atoms with Crippen LogP contribution in [-0.2, 0) is 13.0 Å². The molecule has 132 valence electrons. The number of nitrogens with zero attached hydrogens (tertiary/aromatic N) is 1. The molecule has 0 bridgehead atoms. The molecule has 1 amide bonds. The average Bonchev–Trinajstić information content (AvgIpc) is 2.61. The Kier molecular flexibility index (Phi) is 6.05. The predicted molar refractivity (Wildman–Crippen MR) is 106 cm³/mol. The van der Waals surface area contributed by atoms with E-state index in [9.17, 15) is 4.79 Å². The van der Waals surface area contributed by atoms with Gasteiger partial charge in [-0.15, -0.1) is 11.8 Å². The van der Waals surface area contributed by atoms with Crippen LogP contribution < -0.4 is 5.32 Å². The summed E-state index contributed by atoms with van der Waals surface area (Å²) in [6, 6.07) is 14.2. The number of rotatable bonds is 5. The highest BCUT2D eigenvalue weighted by Gasteiger charge is 2.24. The van der Waals surface area contributed by atoms with E-state index in [2.05, 4.69) is 30.3 Å². The summed E-state index contributed by atoms with van der Waals surface area (Å²) < 4.78 is 0. The van der Waals surface area contributed by atoms with Crippen molar-refractivity contribution in [2.45, 2.75) is 30.8 Å². The molecule has 0 aromatic heterocycles. The average molecular weight is 375 g/mol. The minimum atomic E-state index is -0.0154. The Morgan fingerprint density at radius 2 is 2.00 bits per heavy atom. The summed E-state index contributed by atoms with van der Waals surface area (Å²) >= 11 is 7.90. The van der Waals surface area contributed by atoms with Crippen LogP contribution in [0.25, 0.3) is 0 Å². The van der Waals surface area contributed by atoms with Crippen molar-refractivity contribution in [1.29, 1.82) is 0 Å². The maximum Gasteiger partial charge on any atom is 0.251 e. The number of amides is 1. The van der Waals surface area contributed by atoms with Gasteiger partial charge in [0.2, 0.25) is 0 Å². The van der Waals surface area contributed by atoms with Gasteiger partial charge in [-0.3, -0.25) is 9.69 Å². The zero-order valence-corrected chi connectivity index (χ0v) is 16.2. The summed E-state index contributed by atoms with van der Waals surface area (Å²) in [6.07, 6.45) is 0.902. The Morgan fingerprint density at radius 3 is 2.72 bits per heavy atom. The van der Waals surface area contributed by atoms with Gasteiger partial charge in [0.1, 0.15) is 0 Å². The fourth-order valence-corrected chi connectivity index (χ4v) is 4.01. The normalized spacial score (nSPS) is 17.2. The number of halogens is 1. The first-order valence-corrected chi connectivity index (χ1v) is 9.91. The van der Waals surface area contributed by atoms with Crippen LogP contribution in [0, 0.1) is 0 Å². The maximum atomic E-state index is 12.4. The molecule has 1 heterocycles. The number of carbonyl (C=O) groups excluding carboxylic acids is 1. The lowest BCUT2D eigenvalue weighted by Gasteiger charge is -2.34. The third kappa shape index (κ3) is 4.57. The minimum Gasteiger partial charge on any atom is -0.350 e. The van der Waals surface area contributed by atoms with Crippen molar-refractivity contribution >= 4 is 29.3 Å². The lowest BCUT2D eigenvalue weighted by atomic mass is 9.94. The van der Waals surface area contributed by atoms with Crippen LogP contribution in [0.2, 0.25) is 5.02 Å². The van der Waals surface area contributed by atoms with Crippen LogP contribution in [0.4, 0.5) is 0 Å². The second-order valence-corrected chi connectivity index (χ2v) is 8.13. The molecule has 0 saturated carbocycles. The highest BCUT2D eigenvalue weighted by molar-refractivity contribution is 7.99. The van der Waals surface area contributed by atoms with E-state index in [0.717, 1.165) is 23.7 Å². The summed E-state index contributed by atoms with van der Waals surface area (Å²) in [5.41, 5.74) is 3.31. The maximum absolute atomic E-state index is 12.4. The molecule has 1 aliphatic rings. The third-order valence-electron chi connectivity index (χ3n) is 4.59. The van der Waals surface area contributed by atoms with Crippen molar-refractivity contribution < 1.29 is 4.79 Å². The topological polar surface area (TPSA) is 32.3 Å². The van der Waals surface area contributed by atoms with Gasteiger partial charge in [0.15, 0.2) is 0 Å². The zero-order valence-electron chi connectivity index (χ0n) is 14.6. The molecule has 0 fully saturated rings. The molecule has 25 heavy (non-hydrogen) atoms.